The van der Waals surface area contributed by atoms with Crippen molar-refractivity contribution in [1.82, 2.24) is 9.88 Å². The molecule has 1 aromatic heterocycles. The number of aromatic nitrogens is 1. The number of carbonyl (C=O) groups excluding carboxylic acids is 2. The van der Waals surface area contributed by atoms with Crippen molar-refractivity contribution in [3.05, 3.63) is 29.6 Å². The van der Waals surface area contributed by atoms with Crippen LogP contribution in [0.25, 0.3) is 0 Å². The van der Waals surface area contributed by atoms with Gasteiger partial charge in [-0.05, 0) is 25.0 Å². The molecule has 1 unspecified atom stereocenters. The van der Waals surface area contributed by atoms with Crippen LogP contribution in [0.3, 0.4) is 0 Å². The molecule has 0 saturated carbocycles. The van der Waals surface area contributed by atoms with Crippen molar-refractivity contribution in [3.63, 3.8) is 0 Å². The molecule has 1 aliphatic heterocycles. The van der Waals surface area contributed by atoms with Gasteiger partial charge in [0.25, 0.3) is 5.91 Å². The van der Waals surface area contributed by atoms with Crippen LogP contribution in [0.5, 0.6) is 0 Å². The zero-order valence-corrected chi connectivity index (χ0v) is 10.9. The Balaban J connectivity index is 2.32. The summed E-state index contributed by atoms with van der Waals surface area (Å²) in [5.74, 6) is -2.28. The Morgan fingerprint density at radius 2 is 2.20 bits per heavy atom. The van der Waals surface area contributed by atoms with Crippen molar-refractivity contribution in [3.8, 4) is 0 Å². The maximum absolute atomic E-state index is 12.4. The maximum Gasteiger partial charge on any atom is 0.338 e. The van der Waals surface area contributed by atoms with Crippen molar-refractivity contribution < 1.29 is 24.2 Å². The molecule has 0 bridgehead atoms. The molecular weight excluding hydrogens is 264 g/mol. The predicted molar refractivity (Wildman–Crippen MR) is 67.3 cm³/mol. The van der Waals surface area contributed by atoms with E-state index in [9.17, 15) is 14.4 Å². The molecule has 20 heavy (non-hydrogen) atoms. The van der Waals surface area contributed by atoms with E-state index in [0.717, 1.165) is 0 Å². The number of likely N-dealkylation sites (tertiary alicyclic amines) is 1. The average Bonchev–Trinajstić information content (AvgIpc) is 2.95. The molecule has 2 heterocycles. The predicted octanol–water partition coefficient (Wildman–Crippen LogP) is 0.557. The van der Waals surface area contributed by atoms with Gasteiger partial charge in [0.05, 0.1) is 12.7 Å². The molecule has 0 aliphatic carbocycles. The van der Waals surface area contributed by atoms with Crippen LogP contribution in [0.4, 0.5) is 0 Å². The first-order valence-corrected chi connectivity index (χ1v) is 6.13. The van der Waals surface area contributed by atoms with Gasteiger partial charge in [0.2, 0.25) is 0 Å². The number of carboxylic acids is 1. The molecule has 106 valence electrons. The van der Waals surface area contributed by atoms with Crippen molar-refractivity contribution in [2.75, 3.05) is 13.7 Å². The van der Waals surface area contributed by atoms with Gasteiger partial charge < -0.3 is 14.7 Å². The van der Waals surface area contributed by atoms with Gasteiger partial charge in [0.15, 0.2) is 0 Å². The quantitative estimate of drug-likeness (QED) is 0.811. The number of methoxy groups -OCH3 is 1. The molecule has 0 aromatic carbocycles. The zero-order valence-electron chi connectivity index (χ0n) is 10.9. The van der Waals surface area contributed by atoms with Crippen LogP contribution in [-0.4, -0.2) is 52.5 Å². The van der Waals surface area contributed by atoms with Gasteiger partial charge in [0.1, 0.15) is 11.7 Å². The fourth-order valence-electron chi connectivity index (χ4n) is 2.28. The molecule has 0 radical (unpaired) electrons. The van der Waals surface area contributed by atoms with E-state index in [0.29, 0.717) is 19.4 Å². The summed E-state index contributed by atoms with van der Waals surface area (Å²) in [6, 6.07) is 2.09. The summed E-state index contributed by atoms with van der Waals surface area (Å²) in [5.41, 5.74) is -0.330. The van der Waals surface area contributed by atoms with Crippen LogP contribution in [0.1, 0.15) is 33.7 Å². The summed E-state index contributed by atoms with van der Waals surface area (Å²) in [7, 11) is 1.26. The van der Waals surface area contributed by atoms with Gasteiger partial charge in [-0.2, -0.15) is 0 Å². The highest BCUT2D eigenvalue weighted by Crippen LogP contribution is 2.21. The van der Waals surface area contributed by atoms with Gasteiger partial charge in [-0.15, -0.1) is 0 Å². The van der Waals surface area contributed by atoms with E-state index in [4.69, 9.17) is 5.11 Å². The number of carboxylic acid groups (broad SMARTS) is 1. The first kappa shape index (κ1) is 14.0. The van der Waals surface area contributed by atoms with Crippen LogP contribution in [-0.2, 0) is 9.53 Å². The molecule has 1 saturated heterocycles. The van der Waals surface area contributed by atoms with Crippen molar-refractivity contribution >= 4 is 17.8 Å². The molecule has 2 rings (SSSR count). The molecule has 1 amide bonds. The van der Waals surface area contributed by atoms with Crippen LogP contribution in [0.2, 0.25) is 0 Å². The molecule has 1 fully saturated rings. The fraction of sp³-hybridized carbons (Fsp3) is 0.385. The highest BCUT2D eigenvalue weighted by Gasteiger charge is 2.36. The topological polar surface area (TPSA) is 96.8 Å². The standard InChI is InChI=1S/C13H14N2O5/c1-20-13(19)9-5-3-7-15(9)11(16)10-8(12(17)18)4-2-6-14-10/h2,4,6,9H,3,5,7H2,1H3,(H,17,18). The number of nitrogens with zero attached hydrogens (tertiary/aromatic N) is 2. The maximum atomic E-state index is 12.4. The summed E-state index contributed by atoms with van der Waals surface area (Å²) >= 11 is 0. The Bertz CT molecular complexity index is 557. The molecule has 1 aromatic rings. The molecule has 1 N–H and O–H groups in total. The Labute approximate surface area is 115 Å². The molecular formula is C13H14N2O5. The van der Waals surface area contributed by atoms with Crippen molar-refractivity contribution in [2.24, 2.45) is 0 Å². The van der Waals surface area contributed by atoms with E-state index in [1.54, 1.807) is 0 Å². The third-order valence-corrected chi connectivity index (χ3v) is 3.23. The molecule has 1 atom stereocenters. The first-order chi connectivity index (χ1) is 9.56. The van der Waals surface area contributed by atoms with Gasteiger partial charge >= 0.3 is 11.9 Å². The number of pyridine rings is 1. The second-order valence-electron chi connectivity index (χ2n) is 4.38. The lowest BCUT2D eigenvalue weighted by Gasteiger charge is -2.22. The summed E-state index contributed by atoms with van der Waals surface area (Å²) in [6.07, 6.45) is 2.53. The van der Waals surface area contributed by atoms with E-state index in [1.807, 2.05) is 0 Å². The van der Waals surface area contributed by atoms with E-state index >= 15 is 0 Å². The van der Waals surface area contributed by atoms with E-state index in [1.165, 1.54) is 30.3 Å². The Morgan fingerprint density at radius 1 is 1.45 bits per heavy atom. The number of hydrogen-bond acceptors (Lipinski definition) is 5. The molecule has 7 nitrogen and oxygen atoms in total. The lowest BCUT2D eigenvalue weighted by molar-refractivity contribution is -0.145. The minimum atomic E-state index is -1.23. The normalized spacial score (nSPS) is 17.9. The third-order valence-electron chi connectivity index (χ3n) is 3.23. The van der Waals surface area contributed by atoms with Crippen LogP contribution in [0, 0.1) is 0 Å². The highest BCUT2D eigenvalue weighted by molar-refractivity contribution is 6.04. The van der Waals surface area contributed by atoms with Gasteiger partial charge in [-0.3, -0.25) is 9.78 Å². The van der Waals surface area contributed by atoms with Gasteiger partial charge in [0, 0.05) is 12.7 Å². The lowest BCUT2D eigenvalue weighted by atomic mass is 10.1. The number of ether oxygens (including phenoxy) is 1. The highest BCUT2D eigenvalue weighted by atomic mass is 16.5. The van der Waals surface area contributed by atoms with Gasteiger partial charge in [-0.1, -0.05) is 0 Å². The number of esters is 1. The minimum absolute atomic E-state index is 0.157. The SMILES string of the molecule is COC(=O)C1CCCN1C(=O)c1ncccc1C(=O)O. The van der Waals surface area contributed by atoms with E-state index in [-0.39, 0.29) is 11.3 Å². The number of rotatable bonds is 3. The number of carbonyl (C=O) groups is 3. The number of aromatic carboxylic acids is 1. The summed E-state index contributed by atoms with van der Waals surface area (Å²) in [5, 5.41) is 9.08. The van der Waals surface area contributed by atoms with Crippen LogP contribution in [0.15, 0.2) is 18.3 Å². The smallest absolute Gasteiger partial charge is 0.338 e. The Hall–Kier alpha value is -2.44. The second-order valence-corrected chi connectivity index (χ2v) is 4.38. The van der Waals surface area contributed by atoms with E-state index in [2.05, 4.69) is 9.72 Å². The summed E-state index contributed by atoms with van der Waals surface area (Å²) in [4.78, 5) is 40.3. The van der Waals surface area contributed by atoms with E-state index < -0.39 is 23.9 Å². The Kier molecular flexibility index (Phi) is 3.97. The van der Waals surface area contributed by atoms with Crippen molar-refractivity contribution in [1.29, 1.82) is 0 Å². The second kappa shape index (κ2) is 5.68. The average molecular weight is 278 g/mol. The minimum Gasteiger partial charge on any atom is -0.478 e. The largest absolute Gasteiger partial charge is 0.478 e. The van der Waals surface area contributed by atoms with Crippen LogP contribution >= 0.6 is 0 Å². The Morgan fingerprint density at radius 3 is 2.85 bits per heavy atom. The first-order valence-electron chi connectivity index (χ1n) is 6.13. The lowest BCUT2D eigenvalue weighted by Crippen LogP contribution is -2.42. The third kappa shape index (κ3) is 2.47. The summed E-state index contributed by atoms with van der Waals surface area (Å²) in [6.45, 7) is 0.383. The molecule has 7 heteroatoms. The molecule has 1 aliphatic rings. The zero-order chi connectivity index (χ0) is 14.7. The van der Waals surface area contributed by atoms with Gasteiger partial charge in [-0.25, -0.2) is 9.59 Å². The van der Waals surface area contributed by atoms with Crippen LogP contribution < -0.4 is 0 Å². The fourth-order valence-corrected chi connectivity index (χ4v) is 2.28. The van der Waals surface area contributed by atoms with Crippen molar-refractivity contribution in [2.45, 2.75) is 18.9 Å². The monoisotopic (exact) mass is 278 g/mol. The summed E-state index contributed by atoms with van der Waals surface area (Å²) < 4.78 is 4.66. The number of hydrogen-bond donors (Lipinski definition) is 1. The molecule has 0 spiro atoms. The number of amides is 1.